The summed E-state index contributed by atoms with van der Waals surface area (Å²) in [5, 5.41) is 25.1. The molecule has 0 radical (unpaired) electrons. The van der Waals surface area contributed by atoms with Gasteiger partial charge in [0.05, 0.1) is 0 Å². The number of nitrogens with two attached hydrogens (primary N) is 1. The summed E-state index contributed by atoms with van der Waals surface area (Å²) in [6.07, 6.45) is 2.99. The van der Waals surface area contributed by atoms with Crippen LogP contribution in [0.3, 0.4) is 0 Å². The molecule has 0 spiro atoms. The molecule has 0 fully saturated rings. The highest BCUT2D eigenvalue weighted by Crippen LogP contribution is 2.23. The van der Waals surface area contributed by atoms with Crippen LogP contribution in [-0.2, 0) is 32.0 Å². The zero-order valence-electron chi connectivity index (χ0n) is 35.8. The number of hydrogen-bond donors (Lipinski definition) is 8. The Hall–Kier alpha value is -7.20. The van der Waals surface area contributed by atoms with E-state index >= 15 is 0 Å². The molecule has 63 heavy (non-hydrogen) atoms. The SMILES string of the molecule is CC(C)[C@H]1NC(=O)[C@@H](CCCCN)NC(=O)[C@H](Cc2c[nH]c3ccccc23)NC(=O)[C@H](Cc2ccc(O)cc2)NC(=O)c2ccc(cc2)N(C)C(=O)N(C)c2ccc(cc2)NC1=O. The minimum absolute atomic E-state index is 0.00935. The van der Waals surface area contributed by atoms with Crippen molar-refractivity contribution in [1.29, 1.82) is 0 Å². The van der Waals surface area contributed by atoms with Gasteiger partial charge in [-0.25, -0.2) is 4.79 Å². The largest absolute Gasteiger partial charge is 0.508 e. The summed E-state index contributed by atoms with van der Waals surface area (Å²) >= 11 is 0. The molecule has 16 nitrogen and oxygen atoms in total. The second-order valence-electron chi connectivity index (χ2n) is 16.1. The summed E-state index contributed by atoms with van der Waals surface area (Å²) in [7, 11) is 3.21. The Labute approximate surface area is 366 Å². The molecule has 16 heteroatoms. The number of anilines is 3. The van der Waals surface area contributed by atoms with Gasteiger partial charge >= 0.3 is 6.03 Å². The molecule has 4 atom stereocenters. The summed E-state index contributed by atoms with van der Waals surface area (Å²) < 4.78 is 0. The summed E-state index contributed by atoms with van der Waals surface area (Å²) in [5.41, 5.74) is 9.63. The number of aromatic nitrogens is 1. The monoisotopic (exact) mass is 857 g/mol. The topological polar surface area (TPSA) is 231 Å². The first kappa shape index (κ1) is 45.3. The van der Waals surface area contributed by atoms with Crippen LogP contribution in [0.25, 0.3) is 10.9 Å². The van der Waals surface area contributed by atoms with Gasteiger partial charge in [-0.2, -0.15) is 0 Å². The van der Waals surface area contributed by atoms with E-state index in [0.717, 1.165) is 16.5 Å². The molecule has 0 saturated heterocycles. The lowest BCUT2D eigenvalue weighted by Crippen LogP contribution is -2.59. The van der Waals surface area contributed by atoms with Crippen molar-refractivity contribution >= 4 is 63.5 Å². The maximum Gasteiger partial charge on any atom is 0.328 e. The van der Waals surface area contributed by atoms with Crippen LogP contribution in [0.2, 0.25) is 0 Å². The Morgan fingerprint density at radius 2 is 1.24 bits per heavy atom. The van der Waals surface area contributed by atoms with Gasteiger partial charge in [0.1, 0.15) is 29.9 Å². The number of phenolic OH excluding ortho intramolecular Hbond substituents is 1. The fraction of sp³-hybridized carbons (Fsp3) is 0.319. The molecule has 0 saturated carbocycles. The third-order valence-corrected chi connectivity index (χ3v) is 11.2. The fourth-order valence-corrected chi connectivity index (χ4v) is 7.41. The second-order valence-corrected chi connectivity index (χ2v) is 16.1. The van der Waals surface area contributed by atoms with Crippen molar-refractivity contribution in [3.63, 3.8) is 0 Å². The quantitative estimate of drug-likeness (QED) is 0.0992. The number of rotatable bonds is 9. The molecule has 0 unspecified atom stereocenters. The number of hydrogen-bond acceptors (Lipinski definition) is 8. The lowest BCUT2D eigenvalue weighted by atomic mass is 10.00. The number of H-pyrrole nitrogens is 1. The Bertz CT molecular complexity index is 2420. The number of carbonyl (C=O) groups is 6. The van der Waals surface area contributed by atoms with Gasteiger partial charge in [-0.15, -0.1) is 0 Å². The first-order valence-electron chi connectivity index (χ1n) is 21.0. The van der Waals surface area contributed by atoms with Gasteiger partial charge in [-0.1, -0.05) is 44.2 Å². The number of nitrogens with one attached hydrogen (secondary N) is 6. The van der Waals surface area contributed by atoms with Crippen LogP contribution >= 0.6 is 0 Å². The Kier molecular flexibility index (Phi) is 14.8. The van der Waals surface area contributed by atoms with E-state index in [9.17, 15) is 33.9 Å². The highest BCUT2D eigenvalue weighted by molar-refractivity contribution is 6.04. The molecular formula is C47H55N9O7. The van der Waals surface area contributed by atoms with Crippen LogP contribution in [0.4, 0.5) is 21.9 Å². The third kappa shape index (κ3) is 11.4. The number of para-hydroxylation sites is 1. The first-order valence-corrected chi connectivity index (χ1v) is 21.0. The minimum Gasteiger partial charge on any atom is -0.508 e. The van der Waals surface area contributed by atoms with Gasteiger partial charge in [0.25, 0.3) is 5.91 Å². The number of benzene rings is 4. The van der Waals surface area contributed by atoms with E-state index in [-0.39, 0.29) is 42.5 Å². The first-order chi connectivity index (χ1) is 30.2. The smallest absolute Gasteiger partial charge is 0.328 e. The predicted octanol–water partition coefficient (Wildman–Crippen LogP) is 4.34. The highest BCUT2D eigenvalue weighted by Gasteiger charge is 2.33. The Morgan fingerprint density at radius 1 is 0.651 bits per heavy atom. The number of carbonyl (C=O) groups excluding carboxylic acids is 6. The number of amides is 7. The molecule has 4 aromatic carbocycles. The summed E-state index contributed by atoms with van der Waals surface area (Å²) in [6.45, 7) is 3.94. The van der Waals surface area contributed by atoms with Gasteiger partial charge in [0, 0.05) is 66.7 Å². The highest BCUT2D eigenvalue weighted by atomic mass is 16.3. The normalized spacial score (nSPS) is 19.6. The second kappa shape index (κ2) is 20.6. The van der Waals surface area contributed by atoms with Crippen molar-refractivity contribution in [2.45, 2.75) is 70.1 Å². The molecule has 9 N–H and O–H groups in total. The molecule has 1 aromatic heterocycles. The Balaban J connectivity index is 1.39. The van der Waals surface area contributed by atoms with E-state index < -0.39 is 53.7 Å². The van der Waals surface area contributed by atoms with Crippen molar-refractivity contribution < 1.29 is 33.9 Å². The molecule has 8 rings (SSSR count). The maximum atomic E-state index is 14.5. The van der Waals surface area contributed by atoms with Gasteiger partial charge in [-0.05, 0) is 110 Å². The van der Waals surface area contributed by atoms with E-state index in [2.05, 4.69) is 31.6 Å². The van der Waals surface area contributed by atoms with Gasteiger partial charge in [-0.3, -0.25) is 33.8 Å². The van der Waals surface area contributed by atoms with Gasteiger partial charge in [0.15, 0.2) is 0 Å². The summed E-state index contributed by atoms with van der Waals surface area (Å²) in [5.74, 6) is -3.35. The standard InChI is InChI=1S/C47H55N9O7/c1-28(2)41-46(62)50-32-16-20-34(21-17-32)56(4)47(63)55(3)33-18-14-30(15-19-33)42(58)52-39(25-29-12-22-35(57)23-13-29)44(60)53-40(26-31-27-49-37-10-6-5-9-36(31)37)45(61)51-38(43(59)54-41)11-7-8-24-48/h5-6,9-10,12-23,27-28,38-41,49,57H,7-8,11,24-26,48H2,1-4H3,(H,50,62)(H,51,61)(H,52,58)(H,53,60)(H,54,59)/t38-,39+,40+,41-/m1/s1. The van der Waals surface area contributed by atoms with Crippen LogP contribution in [0.5, 0.6) is 5.75 Å². The van der Waals surface area contributed by atoms with E-state index in [4.69, 9.17) is 5.73 Å². The lowest BCUT2D eigenvalue weighted by Gasteiger charge is -2.28. The Morgan fingerprint density at radius 3 is 1.87 bits per heavy atom. The molecule has 7 amide bonds. The number of phenols is 1. The molecule has 4 heterocycles. The zero-order valence-corrected chi connectivity index (χ0v) is 35.8. The number of unbranched alkanes of at least 4 members (excludes halogenated alkanes) is 1. The predicted molar refractivity (Wildman–Crippen MR) is 242 cm³/mol. The minimum atomic E-state index is -1.24. The van der Waals surface area contributed by atoms with Crippen LogP contribution in [0.1, 0.15) is 54.6 Å². The number of aromatic hydroxyl groups is 1. The summed E-state index contributed by atoms with van der Waals surface area (Å²) in [4.78, 5) is 90.5. The van der Waals surface area contributed by atoms with Crippen LogP contribution in [-0.4, -0.2) is 90.5 Å². The average molecular weight is 858 g/mol. The van der Waals surface area contributed by atoms with E-state index in [1.54, 1.807) is 82.7 Å². The van der Waals surface area contributed by atoms with Crippen molar-refractivity contribution in [2.75, 3.05) is 35.8 Å². The van der Waals surface area contributed by atoms with Crippen LogP contribution in [0, 0.1) is 5.92 Å². The number of aromatic amines is 1. The fourth-order valence-electron chi connectivity index (χ4n) is 7.41. The molecule has 3 aliphatic rings. The van der Waals surface area contributed by atoms with E-state index in [1.165, 1.54) is 34.1 Å². The third-order valence-electron chi connectivity index (χ3n) is 11.2. The average Bonchev–Trinajstić information content (AvgIpc) is 3.69. The van der Waals surface area contributed by atoms with Crippen molar-refractivity contribution in [1.82, 2.24) is 26.3 Å². The summed E-state index contributed by atoms with van der Waals surface area (Å²) in [6, 6.07) is 21.7. The van der Waals surface area contributed by atoms with E-state index in [0.29, 0.717) is 42.0 Å². The van der Waals surface area contributed by atoms with Crippen molar-refractivity contribution in [3.8, 4) is 5.75 Å². The van der Waals surface area contributed by atoms with Gasteiger partial charge < -0.3 is 42.4 Å². The molecule has 3 aliphatic heterocycles. The molecule has 0 aliphatic carbocycles. The number of urea groups is 1. The maximum absolute atomic E-state index is 14.5. The molecule has 330 valence electrons. The molecular weight excluding hydrogens is 803 g/mol. The van der Waals surface area contributed by atoms with Crippen molar-refractivity contribution in [2.24, 2.45) is 11.7 Å². The molecule has 4 bridgehead atoms. The lowest BCUT2D eigenvalue weighted by molar-refractivity contribution is -0.133. The number of fused-ring (bicyclic) bond motifs is 3. The van der Waals surface area contributed by atoms with Gasteiger partial charge in [0.2, 0.25) is 23.6 Å². The van der Waals surface area contributed by atoms with Crippen molar-refractivity contribution in [3.05, 3.63) is 120 Å². The number of nitrogens with zero attached hydrogens (tertiary/aromatic N) is 2. The zero-order chi connectivity index (χ0) is 45.2. The van der Waals surface area contributed by atoms with Crippen LogP contribution in [0.15, 0.2) is 103 Å². The van der Waals surface area contributed by atoms with Crippen LogP contribution < -0.4 is 42.1 Å². The van der Waals surface area contributed by atoms with E-state index in [1.807, 2.05) is 24.3 Å². The molecule has 5 aromatic rings.